The zero-order valence-electron chi connectivity index (χ0n) is 10.2. The van der Waals surface area contributed by atoms with E-state index in [2.05, 4.69) is 5.32 Å². The summed E-state index contributed by atoms with van der Waals surface area (Å²) in [5.41, 5.74) is 1.37. The largest absolute Gasteiger partial charge is 0.451 e. The Kier molecular flexibility index (Phi) is 3.59. The van der Waals surface area contributed by atoms with E-state index in [1.165, 1.54) is 0 Å². The van der Waals surface area contributed by atoms with E-state index in [1.807, 2.05) is 0 Å². The monoisotopic (exact) mass is 267 g/mol. The number of hydrogen-bond donors (Lipinski definition) is 2. The van der Waals surface area contributed by atoms with Crippen molar-refractivity contribution in [2.45, 2.75) is 19.9 Å². The summed E-state index contributed by atoms with van der Waals surface area (Å²) in [4.78, 5) is 11.9. The molecule has 2 rings (SSSR count). The number of furan rings is 1. The maximum Gasteiger partial charge on any atom is 0.287 e. The number of amides is 1. The summed E-state index contributed by atoms with van der Waals surface area (Å²) in [6, 6.07) is 4.90. The van der Waals surface area contributed by atoms with E-state index < -0.39 is 0 Å². The fraction of sp³-hybridized carbons (Fsp3) is 0.308. The van der Waals surface area contributed by atoms with Gasteiger partial charge in [-0.3, -0.25) is 4.79 Å². The molecule has 0 radical (unpaired) electrons. The van der Waals surface area contributed by atoms with Gasteiger partial charge < -0.3 is 14.8 Å². The molecule has 1 aromatic heterocycles. The lowest BCUT2D eigenvalue weighted by Crippen LogP contribution is -2.35. The smallest absolute Gasteiger partial charge is 0.287 e. The summed E-state index contributed by atoms with van der Waals surface area (Å²) in [5, 5.41) is 13.0. The quantitative estimate of drug-likeness (QED) is 0.898. The molecule has 0 aliphatic heterocycles. The fourth-order valence-electron chi connectivity index (χ4n) is 1.74. The van der Waals surface area contributed by atoms with Crippen LogP contribution in [0.4, 0.5) is 0 Å². The molecule has 0 aliphatic rings. The molecule has 0 saturated heterocycles. The molecule has 0 spiro atoms. The van der Waals surface area contributed by atoms with Crippen LogP contribution in [0.25, 0.3) is 11.0 Å². The van der Waals surface area contributed by atoms with Gasteiger partial charge in [-0.15, -0.1) is 0 Å². The first-order valence-electron chi connectivity index (χ1n) is 5.63. The molecule has 1 aromatic carbocycles. The summed E-state index contributed by atoms with van der Waals surface area (Å²) in [6.07, 6.45) is 0. The number of fused-ring (bicyclic) bond motifs is 1. The minimum absolute atomic E-state index is 0.114. The number of nitrogens with one attached hydrogen (secondary N) is 1. The van der Waals surface area contributed by atoms with Crippen molar-refractivity contribution in [1.29, 1.82) is 0 Å². The molecular formula is C13H14ClNO3. The standard InChI is InChI=1S/C13H14ClNO3/c1-7(6-16)15-13(17)12-8(2)10-5-9(14)3-4-11(10)18-12/h3-5,7,16H,6H2,1-2H3,(H,15,17). The molecule has 2 N–H and O–H groups in total. The van der Waals surface area contributed by atoms with Crippen LogP contribution >= 0.6 is 11.6 Å². The molecule has 18 heavy (non-hydrogen) atoms. The van der Waals surface area contributed by atoms with Crippen LogP contribution in [0.2, 0.25) is 5.02 Å². The Morgan fingerprint density at radius 3 is 2.94 bits per heavy atom. The van der Waals surface area contributed by atoms with E-state index in [0.717, 1.165) is 10.9 Å². The van der Waals surface area contributed by atoms with Crippen LogP contribution in [0, 0.1) is 6.92 Å². The third-order valence-electron chi connectivity index (χ3n) is 2.76. The maximum absolute atomic E-state index is 11.9. The van der Waals surface area contributed by atoms with Crippen LogP contribution < -0.4 is 5.32 Å². The number of aliphatic hydroxyl groups is 1. The van der Waals surface area contributed by atoms with Crippen molar-refractivity contribution < 1.29 is 14.3 Å². The van der Waals surface area contributed by atoms with E-state index in [1.54, 1.807) is 32.0 Å². The van der Waals surface area contributed by atoms with Gasteiger partial charge in [0, 0.05) is 22.0 Å². The van der Waals surface area contributed by atoms with Gasteiger partial charge in [0.1, 0.15) is 5.58 Å². The molecule has 0 aliphatic carbocycles. The summed E-state index contributed by atoms with van der Waals surface area (Å²) in [5.74, 6) is -0.0751. The van der Waals surface area contributed by atoms with Crippen molar-refractivity contribution in [3.8, 4) is 0 Å². The molecule has 0 bridgehead atoms. The van der Waals surface area contributed by atoms with Gasteiger partial charge >= 0.3 is 0 Å². The number of aliphatic hydroxyl groups excluding tert-OH is 1. The number of benzene rings is 1. The van der Waals surface area contributed by atoms with E-state index in [0.29, 0.717) is 10.6 Å². The topological polar surface area (TPSA) is 62.5 Å². The lowest BCUT2D eigenvalue weighted by molar-refractivity contribution is 0.0895. The summed E-state index contributed by atoms with van der Waals surface area (Å²) >= 11 is 5.91. The Bertz CT molecular complexity index is 591. The third-order valence-corrected chi connectivity index (χ3v) is 2.99. The van der Waals surface area contributed by atoms with Crippen molar-refractivity contribution >= 4 is 28.5 Å². The summed E-state index contributed by atoms with van der Waals surface area (Å²) in [6.45, 7) is 3.41. The molecule has 1 unspecified atom stereocenters. The van der Waals surface area contributed by atoms with E-state index in [9.17, 15) is 4.79 Å². The first kappa shape index (κ1) is 12.9. The Morgan fingerprint density at radius 1 is 1.56 bits per heavy atom. The van der Waals surface area contributed by atoms with E-state index in [-0.39, 0.29) is 24.3 Å². The Labute approximate surface area is 110 Å². The lowest BCUT2D eigenvalue weighted by atomic mass is 10.1. The Hall–Kier alpha value is -1.52. The highest BCUT2D eigenvalue weighted by atomic mass is 35.5. The van der Waals surface area contributed by atoms with Gasteiger partial charge in [0.2, 0.25) is 0 Å². The second kappa shape index (κ2) is 5.00. The van der Waals surface area contributed by atoms with Gasteiger partial charge in [-0.05, 0) is 32.0 Å². The fourth-order valence-corrected chi connectivity index (χ4v) is 1.92. The number of carbonyl (C=O) groups excluding carboxylic acids is 1. The first-order valence-corrected chi connectivity index (χ1v) is 6.01. The van der Waals surface area contributed by atoms with Crippen LogP contribution in [-0.2, 0) is 0 Å². The van der Waals surface area contributed by atoms with Gasteiger partial charge in [0.05, 0.1) is 6.61 Å². The molecule has 1 atom stereocenters. The molecule has 96 valence electrons. The number of hydrogen-bond acceptors (Lipinski definition) is 3. The van der Waals surface area contributed by atoms with Gasteiger partial charge in [-0.25, -0.2) is 0 Å². The van der Waals surface area contributed by atoms with Gasteiger partial charge in [-0.1, -0.05) is 11.6 Å². The maximum atomic E-state index is 11.9. The number of halogens is 1. The minimum Gasteiger partial charge on any atom is -0.451 e. The first-order chi connectivity index (χ1) is 8.52. The van der Waals surface area contributed by atoms with Crippen molar-refractivity contribution in [2.75, 3.05) is 6.61 Å². The molecule has 1 heterocycles. The highest BCUT2D eigenvalue weighted by Gasteiger charge is 2.18. The van der Waals surface area contributed by atoms with Crippen LogP contribution in [0.3, 0.4) is 0 Å². The predicted octanol–water partition coefficient (Wildman–Crippen LogP) is 2.51. The van der Waals surface area contributed by atoms with Crippen molar-refractivity contribution in [2.24, 2.45) is 0 Å². The molecule has 5 heteroatoms. The van der Waals surface area contributed by atoms with Gasteiger partial charge in [0.25, 0.3) is 5.91 Å². The lowest BCUT2D eigenvalue weighted by Gasteiger charge is -2.09. The summed E-state index contributed by atoms with van der Waals surface area (Å²) in [7, 11) is 0. The minimum atomic E-state index is -0.332. The van der Waals surface area contributed by atoms with Crippen LogP contribution in [0.1, 0.15) is 23.0 Å². The van der Waals surface area contributed by atoms with Gasteiger partial charge in [0.15, 0.2) is 5.76 Å². The molecule has 4 nitrogen and oxygen atoms in total. The van der Waals surface area contributed by atoms with Crippen LogP contribution in [-0.4, -0.2) is 23.7 Å². The average Bonchev–Trinajstić information content (AvgIpc) is 2.66. The van der Waals surface area contributed by atoms with Crippen molar-refractivity contribution in [3.05, 3.63) is 34.5 Å². The third kappa shape index (κ3) is 2.35. The zero-order chi connectivity index (χ0) is 13.3. The van der Waals surface area contributed by atoms with Crippen molar-refractivity contribution in [1.82, 2.24) is 5.32 Å². The molecule has 0 fully saturated rings. The van der Waals surface area contributed by atoms with E-state index in [4.69, 9.17) is 21.1 Å². The number of aryl methyl sites for hydroxylation is 1. The number of carbonyl (C=O) groups is 1. The second-order valence-electron chi connectivity index (χ2n) is 4.25. The highest BCUT2D eigenvalue weighted by molar-refractivity contribution is 6.31. The van der Waals surface area contributed by atoms with Crippen LogP contribution in [0.15, 0.2) is 22.6 Å². The Balaban J connectivity index is 2.40. The average molecular weight is 268 g/mol. The number of rotatable bonds is 3. The predicted molar refractivity (Wildman–Crippen MR) is 70.0 cm³/mol. The van der Waals surface area contributed by atoms with Crippen molar-refractivity contribution in [3.63, 3.8) is 0 Å². The summed E-state index contributed by atoms with van der Waals surface area (Å²) < 4.78 is 5.51. The highest BCUT2D eigenvalue weighted by Crippen LogP contribution is 2.27. The Morgan fingerprint density at radius 2 is 2.28 bits per heavy atom. The SMILES string of the molecule is Cc1c(C(=O)NC(C)CO)oc2ccc(Cl)cc12. The van der Waals surface area contributed by atoms with Crippen LogP contribution in [0.5, 0.6) is 0 Å². The van der Waals surface area contributed by atoms with E-state index >= 15 is 0 Å². The molecule has 1 amide bonds. The van der Waals surface area contributed by atoms with Gasteiger partial charge in [-0.2, -0.15) is 0 Å². The second-order valence-corrected chi connectivity index (χ2v) is 4.69. The zero-order valence-corrected chi connectivity index (χ0v) is 10.9. The molecule has 0 saturated carbocycles. The molecule has 2 aromatic rings. The molecular weight excluding hydrogens is 254 g/mol. The normalized spacial score (nSPS) is 12.7.